The van der Waals surface area contributed by atoms with Gasteiger partial charge in [0.1, 0.15) is 0 Å². The van der Waals surface area contributed by atoms with Crippen LogP contribution in [0.25, 0.3) is 0 Å². The quantitative estimate of drug-likeness (QED) is 0.501. The van der Waals surface area contributed by atoms with Crippen molar-refractivity contribution in [3.05, 3.63) is 0 Å². The predicted octanol–water partition coefficient (Wildman–Crippen LogP) is 3.58. The van der Waals surface area contributed by atoms with Crippen LogP contribution in [0.5, 0.6) is 0 Å². The summed E-state index contributed by atoms with van der Waals surface area (Å²) in [7, 11) is 0. The van der Waals surface area contributed by atoms with E-state index in [0.29, 0.717) is 79.3 Å². The summed E-state index contributed by atoms with van der Waals surface area (Å²) in [5.41, 5.74) is 0. The predicted molar refractivity (Wildman–Crippen MR) is 112 cm³/mol. The van der Waals surface area contributed by atoms with Crippen LogP contribution in [0.2, 0.25) is 0 Å². The summed E-state index contributed by atoms with van der Waals surface area (Å²) in [6, 6.07) is 0. The molecule has 0 bridgehead atoms. The minimum Gasteiger partial charge on any atom is -0.377 e. The lowest BCUT2D eigenvalue weighted by Crippen LogP contribution is -2.27. The molecule has 1 atom stereocenters. The molecule has 0 saturated carbocycles. The van der Waals surface area contributed by atoms with Gasteiger partial charge < -0.3 is 33.2 Å². The Hall–Kier alpha value is -0.280. The van der Waals surface area contributed by atoms with E-state index >= 15 is 0 Å². The zero-order valence-corrected chi connectivity index (χ0v) is 18.6. The second kappa shape index (κ2) is 22.4. The highest BCUT2D eigenvalue weighted by molar-refractivity contribution is 4.49. The van der Waals surface area contributed by atoms with Crippen LogP contribution in [0.3, 0.4) is 0 Å². The summed E-state index contributed by atoms with van der Waals surface area (Å²) in [6.07, 6.45) is 9.90. The number of hydrogen-bond donors (Lipinski definition) is 0. The Bertz CT molecular complexity index is 300. The monoisotopic (exact) mass is 420 g/mol. The second-order valence-corrected chi connectivity index (χ2v) is 7.17. The standard InChI is InChI=1S/C22H44O7/c1-2-3-4-5-6-7-8-9-10-28-22-21-27-18-17-25-14-13-23-11-12-24-15-16-26-19-20-29-22/h22H,2-21H2,1H3. The van der Waals surface area contributed by atoms with Gasteiger partial charge in [0.05, 0.1) is 72.7 Å². The number of rotatable bonds is 10. The average Bonchev–Trinajstić information content (AvgIpc) is 2.73. The highest BCUT2D eigenvalue weighted by atomic mass is 16.7. The first-order valence-corrected chi connectivity index (χ1v) is 11.6. The molecule has 0 aromatic heterocycles. The van der Waals surface area contributed by atoms with Gasteiger partial charge >= 0.3 is 0 Å². The van der Waals surface area contributed by atoms with Crippen LogP contribution in [-0.2, 0) is 33.2 Å². The smallest absolute Gasteiger partial charge is 0.180 e. The van der Waals surface area contributed by atoms with Crippen molar-refractivity contribution in [1.29, 1.82) is 0 Å². The second-order valence-electron chi connectivity index (χ2n) is 7.17. The summed E-state index contributed by atoms with van der Waals surface area (Å²) in [5.74, 6) is 0. The minimum absolute atomic E-state index is 0.360. The van der Waals surface area contributed by atoms with Gasteiger partial charge in [0, 0.05) is 6.61 Å². The maximum Gasteiger partial charge on any atom is 0.180 e. The van der Waals surface area contributed by atoms with Crippen molar-refractivity contribution in [2.24, 2.45) is 0 Å². The topological polar surface area (TPSA) is 64.6 Å². The molecule has 0 aromatic carbocycles. The van der Waals surface area contributed by atoms with Gasteiger partial charge in [-0.25, -0.2) is 0 Å². The molecule has 0 spiro atoms. The molecule has 1 rings (SSSR count). The summed E-state index contributed by atoms with van der Waals surface area (Å²) < 4.78 is 39.2. The minimum atomic E-state index is -0.360. The van der Waals surface area contributed by atoms with E-state index in [1.807, 2.05) is 0 Å². The molecule has 0 radical (unpaired) electrons. The van der Waals surface area contributed by atoms with Gasteiger partial charge in [-0.05, 0) is 6.42 Å². The maximum absolute atomic E-state index is 5.88. The van der Waals surface area contributed by atoms with E-state index in [-0.39, 0.29) is 6.29 Å². The number of unbranched alkanes of at least 4 members (excludes halogenated alkanes) is 7. The zero-order chi connectivity index (χ0) is 20.7. The Morgan fingerprint density at radius 2 is 1.00 bits per heavy atom. The van der Waals surface area contributed by atoms with E-state index in [0.717, 1.165) is 6.42 Å². The van der Waals surface area contributed by atoms with Gasteiger partial charge in [-0.1, -0.05) is 51.9 Å². The van der Waals surface area contributed by atoms with E-state index in [1.165, 1.54) is 44.9 Å². The molecule has 7 nitrogen and oxygen atoms in total. The normalized spacial score (nSPS) is 22.0. The summed E-state index contributed by atoms with van der Waals surface area (Å²) >= 11 is 0. The highest BCUT2D eigenvalue weighted by Gasteiger charge is 2.10. The van der Waals surface area contributed by atoms with Gasteiger partial charge in [-0.2, -0.15) is 0 Å². The van der Waals surface area contributed by atoms with Crippen LogP contribution in [0, 0.1) is 0 Å². The number of hydrogen-bond acceptors (Lipinski definition) is 7. The molecule has 174 valence electrons. The first kappa shape index (κ1) is 26.8. The average molecular weight is 421 g/mol. The molecule has 1 fully saturated rings. The van der Waals surface area contributed by atoms with Crippen molar-refractivity contribution < 1.29 is 33.2 Å². The van der Waals surface area contributed by atoms with Crippen molar-refractivity contribution in [3.8, 4) is 0 Å². The third-order valence-electron chi connectivity index (χ3n) is 4.58. The number of ether oxygens (including phenoxy) is 7. The summed E-state index contributed by atoms with van der Waals surface area (Å²) in [5, 5.41) is 0. The molecule has 0 N–H and O–H groups in total. The first-order valence-electron chi connectivity index (χ1n) is 11.6. The Balaban J connectivity index is 2.13. The molecule has 0 amide bonds. The lowest BCUT2D eigenvalue weighted by Gasteiger charge is -2.19. The molecule has 0 aromatic rings. The summed E-state index contributed by atoms with van der Waals surface area (Å²) in [4.78, 5) is 0. The van der Waals surface area contributed by atoms with Crippen molar-refractivity contribution >= 4 is 0 Å². The van der Waals surface area contributed by atoms with Crippen molar-refractivity contribution in [3.63, 3.8) is 0 Å². The Morgan fingerprint density at radius 3 is 1.55 bits per heavy atom. The molecule has 1 saturated heterocycles. The third-order valence-corrected chi connectivity index (χ3v) is 4.58. The molecule has 1 aliphatic heterocycles. The van der Waals surface area contributed by atoms with Gasteiger partial charge in [0.25, 0.3) is 0 Å². The molecule has 1 unspecified atom stereocenters. The molecular weight excluding hydrogens is 376 g/mol. The van der Waals surface area contributed by atoms with Gasteiger partial charge in [-0.15, -0.1) is 0 Å². The maximum atomic E-state index is 5.88. The van der Waals surface area contributed by atoms with E-state index in [1.54, 1.807) is 0 Å². The fourth-order valence-electron chi connectivity index (χ4n) is 2.89. The van der Waals surface area contributed by atoms with E-state index in [4.69, 9.17) is 33.2 Å². The fraction of sp³-hybridized carbons (Fsp3) is 1.00. The summed E-state index contributed by atoms with van der Waals surface area (Å²) in [6.45, 7) is 8.76. The largest absolute Gasteiger partial charge is 0.377 e. The molecule has 29 heavy (non-hydrogen) atoms. The lowest BCUT2D eigenvalue weighted by molar-refractivity contribution is -0.181. The molecular formula is C22H44O7. The SMILES string of the molecule is CCCCCCCCCCOC1COCCOCCOCCOCCOCCO1. The highest BCUT2D eigenvalue weighted by Crippen LogP contribution is 2.09. The molecule has 0 aliphatic carbocycles. The Kier molecular flexibility index (Phi) is 20.7. The Morgan fingerprint density at radius 1 is 0.552 bits per heavy atom. The van der Waals surface area contributed by atoms with Crippen LogP contribution in [0.15, 0.2) is 0 Å². The lowest BCUT2D eigenvalue weighted by atomic mass is 10.1. The van der Waals surface area contributed by atoms with Crippen molar-refractivity contribution in [1.82, 2.24) is 0 Å². The van der Waals surface area contributed by atoms with Gasteiger partial charge in [0.2, 0.25) is 0 Å². The van der Waals surface area contributed by atoms with Crippen LogP contribution >= 0.6 is 0 Å². The van der Waals surface area contributed by atoms with E-state index < -0.39 is 0 Å². The van der Waals surface area contributed by atoms with Crippen LogP contribution in [-0.4, -0.2) is 85.6 Å². The van der Waals surface area contributed by atoms with Crippen LogP contribution in [0.1, 0.15) is 58.3 Å². The van der Waals surface area contributed by atoms with Crippen LogP contribution in [0.4, 0.5) is 0 Å². The fourth-order valence-corrected chi connectivity index (χ4v) is 2.89. The van der Waals surface area contributed by atoms with E-state index in [2.05, 4.69) is 6.92 Å². The molecule has 1 aliphatic rings. The van der Waals surface area contributed by atoms with Crippen LogP contribution < -0.4 is 0 Å². The van der Waals surface area contributed by atoms with Crippen molar-refractivity contribution in [2.45, 2.75) is 64.6 Å². The Labute approximate surface area is 177 Å². The van der Waals surface area contributed by atoms with E-state index in [9.17, 15) is 0 Å². The van der Waals surface area contributed by atoms with Gasteiger partial charge in [0.15, 0.2) is 6.29 Å². The molecule has 7 heteroatoms. The van der Waals surface area contributed by atoms with Gasteiger partial charge in [-0.3, -0.25) is 0 Å². The third kappa shape index (κ3) is 19.4. The molecule has 1 heterocycles. The van der Waals surface area contributed by atoms with Crippen molar-refractivity contribution in [2.75, 3.05) is 79.3 Å². The first-order chi connectivity index (χ1) is 14.4. The zero-order valence-electron chi connectivity index (χ0n) is 18.6.